The lowest BCUT2D eigenvalue weighted by atomic mass is 10.3. The highest BCUT2D eigenvalue weighted by molar-refractivity contribution is 7.22. The molecule has 1 fully saturated rings. The Morgan fingerprint density at radius 2 is 2.24 bits per heavy atom. The monoisotopic (exact) mass is 306 g/mol. The van der Waals surface area contributed by atoms with Crippen molar-refractivity contribution in [3.05, 3.63) is 18.2 Å². The van der Waals surface area contributed by atoms with Crippen LogP contribution in [0.25, 0.3) is 10.2 Å². The highest BCUT2D eigenvalue weighted by Crippen LogP contribution is 2.31. The Balaban J connectivity index is 1.79. The molecule has 7 heteroatoms. The predicted molar refractivity (Wildman–Crippen MR) is 85.0 cm³/mol. The smallest absolute Gasteiger partial charge is 0.225 e. The number of morpholine rings is 1. The fourth-order valence-corrected chi connectivity index (χ4v) is 3.29. The second-order valence-electron chi connectivity index (χ2n) is 4.87. The van der Waals surface area contributed by atoms with Crippen molar-refractivity contribution in [2.45, 2.75) is 6.42 Å². The van der Waals surface area contributed by atoms with Gasteiger partial charge in [-0.2, -0.15) is 0 Å². The molecule has 0 bridgehead atoms. The average Bonchev–Trinajstić information content (AvgIpc) is 2.91. The quantitative estimate of drug-likeness (QED) is 0.893. The number of thiazole rings is 1. The van der Waals surface area contributed by atoms with Gasteiger partial charge in [0.25, 0.3) is 0 Å². The number of nitrogens with one attached hydrogen (secondary N) is 1. The van der Waals surface area contributed by atoms with Crippen LogP contribution in [0.4, 0.5) is 10.8 Å². The van der Waals surface area contributed by atoms with E-state index in [1.54, 1.807) is 11.3 Å². The molecule has 3 N–H and O–H groups in total. The number of amides is 1. The lowest BCUT2D eigenvalue weighted by Gasteiger charge is -2.25. The molecule has 2 heterocycles. The van der Waals surface area contributed by atoms with Crippen LogP contribution in [0.5, 0.6) is 0 Å². The first-order valence-corrected chi connectivity index (χ1v) is 7.81. The molecule has 6 nitrogen and oxygen atoms in total. The summed E-state index contributed by atoms with van der Waals surface area (Å²) in [5.74, 6) is -0.0604. The number of nitrogens with zero attached hydrogens (tertiary/aromatic N) is 2. The Morgan fingerprint density at radius 3 is 3.00 bits per heavy atom. The molecule has 2 aromatic rings. The Labute approximate surface area is 126 Å². The van der Waals surface area contributed by atoms with Crippen molar-refractivity contribution < 1.29 is 9.53 Å². The van der Waals surface area contributed by atoms with Crippen molar-refractivity contribution in [2.75, 3.05) is 43.1 Å². The van der Waals surface area contributed by atoms with Gasteiger partial charge in [-0.05, 0) is 18.2 Å². The summed E-state index contributed by atoms with van der Waals surface area (Å²) in [6.45, 7) is 3.60. The van der Waals surface area contributed by atoms with Crippen LogP contribution >= 0.6 is 11.3 Å². The first kappa shape index (κ1) is 14.2. The molecule has 1 amide bonds. The maximum Gasteiger partial charge on any atom is 0.225 e. The highest BCUT2D eigenvalue weighted by atomic mass is 32.1. The third-order valence-corrected chi connectivity index (χ3v) is 4.39. The van der Waals surface area contributed by atoms with E-state index in [2.05, 4.69) is 15.2 Å². The summed E-state index contributed by atoms with van der Waals surface area (Å²) in [4.78, 5) is 18.5. The van der Waals surface area contributed by atoms with Crippen LogP contribution in [-0.4, -0.2) is 43.7 Å². The van der Waals surface area contributed by atoms with E-state index in [1.165, 1.54) is 0 Å². The van der Waals surface area contributed by atoms with Crippen LogP contribution in [-0.2, 0) is 9.53 Å². The molecule has 1 aromatic heterocycles. The standard InChI is InChI=1S/C14H18N4O2S/c15-4-3-13(19)16-10-1-2-11-12(9-10)21-14(17-11)18-5-7-20-8-6-18/h1-2,9H,3-8,15H2,(H,16,19). The van der Waals surface area contributed by atoms with Crippen LogP contribution < -0.4 is 16.0 Å². The number of rotatable bonds is 4. The SMILES string of the molecule is NCCC(=O)Nc1ccc2nc(N3CCOCC3)sc2c1. The minimum absolute atomic E-state index is 0.0604. The number of nitrogens with two attached hydrogens (primary N) is 1. The van der Waals surface area contributed by atoms with Gasteiger partial charge in [0.05, 0.1) is 23.4 Å². The van der Waals surface area contributed by atoms with Crippen molar-refractivity contribution in [2.24, 2.45) is 5.73 Å². The summed E-state index contributed by atoms with van der Waals surface area (Å²) < 4.78 is 6.43. The van der Waals surface area contributed by atoms with E-state index in [0.717, 1.165) is 47.3 Å². The summed E-state index contributed by atoms with van der Waals surface area (Å²) in [5, 5.41) is 3.86. The van der Waals surface area contributed by atoms with Crippen LogP contribution in [0, 0.1) is 0 Å². The van der Waals surface area contributed by atoms with E-state index in [4.69, 9.17) is 10.5 Å². The van der Waals surface area contributed by atoms with Crippen LogP contribution in [0.3, 0.4) is 0 Å². The van der Waals surface area contributed by atoms with E-state index >= 15 is 0 Å². The van der Waals surface area contributed by atoms with Gasteiger partial charge in [-0.1, -0.05) is 11.3 Å². The third-order valence-electron chi connectivity index (χ3n) is 3.31. The van der Waals surface area contributed by atoms with Crippen molar-refractivity contribution in [1.29, 1.82) is 0 Å². The van der Waals surface area contributed by atoms with Crippen molar-refractivity contribution >= 4 is 38.3 Å². The zero-order chi connectivity index (χ0) is 14.7. The molecule has 0 radical (unpaired) electrons. The normalized spacial score (nSPS) is 15.4. The molecule has 3 rings (SSSR count). The van der Waals surface area contributed by atoms with Gasteiger partial charge in [0.1, 0.15) is 0 Å². The molecule has 21 heavy (non-hydrogen) atoms. The first-order chi connectivity index (χ1) is 10.3. The topological polar surface area (TPSA) is 80.5 Å². The number of carbonyl (C=O) groups is 1. The third kappa shape index (κ3) is 3.31. The molecule has 0 unspecified atom stereocenters. The minimum Gasteiger partial charge on any atom is -0.378 e. The Hall–Kier alpha value is -1.70. The molecule has 1 aliphatic heterocycles. The lowest BCUT2D eigenvalue weighted by Crippen LogP contribution is -2.36. The van der Waals surface area contributed by atoms with Crippen LogP contribution in [0.1, 0.15) is 6.42 Å². The van der Waals surface area contributed by atoms with Crippen molar-refractivity contribution in [3.8, 4) is 0 Å². The van der Waals surface area contributed by atoms with E-state index < -0.39 is 0 Å². The van der Waals surface area contributed by atoms with E-state index in [-0.39, 0.29) is 5.91 Å². The number of benzene rings is 1. The van der Waals surface area contributed by atoms with E-state index in [0.29, 0.717) is 13.0 Å². The molecular weight excluding hydrogens is 288 g/mol. The summed E-state index contributed by atoms with van der Waals surface area (Å²) in [6, 6.07) is 5.78. The fourth-order valence-electron chi connectivity index (χ4n) is 2.23. The average molecular weight is 306 g/mol. The van der Waals surface area contributed by atoms with Gasteiger partial charge in [0.2, 0.25) is 5.91 Å². The summed E-state index contributed by atoms with van der Waals surface area (Å²) >= 11 is 1.64. The lowest BCUT2D eigenvalue weighted by molar-refractivity contribution is -0.116. The Bertz CT molecular complexity index is 637. The fraction of sp³-hybridized carbons (Fsp3) is 0.429. The largest absolute Gasteiger partial charge is 0.378 e. The molecule has 0 atom stereocenters. The van der Waals surface area contributed by atoms with Gasteiger partial charge in [-0.25, -0.2) is 4.98 Å². The second kappa shape index (κ2) is 6.38. The van der Waals surface area contributed by atoms with Gasteiger partial charge in [0.15, 0.2) is 5.13 Å². The number of aromatic nitrogens is 1. The van der Waals surface area contributed by atoms with Crippen molar-refractivity contribution in [1.82, 2.24) is 4.98 Å². The molecular formula is C14H18N4O2S. The molecule has 1 aromatic carbocycles. The Kier molecular flexibility index (Phi) is 4.33. The zero-order valence-electron chi connectivity index (χ0n) is 11.7. The van der Waals surface area contributed by atoms with Gasteiger partial charge in [0, 0.05) is 31.7 Å². The zero-order valence-corrected chi connectivity index (χ0v) is 12.5. The van der Waals surface area contributed by atoms with Crippen LogP contribution in [0.15, 0.2) is 18.2 Å². The van der Waals surface area contributed by atoms with Crippen LogP contribution in [0.2, 0.25) is 0 Å². The highest BCUT2D eigenvalue weighted by Gasteiger charge is 2.15. The predicted octanol–water partition coefficient (Wildman–Crippen LogP) is 1.42. The van der Waals surface area contributed by atoms with E-state index in [9.17, 15) is 4.79 Å². The number of fused-ring (bicyclic) bond motifs is 1. The van der Waals surface area contributed by atoms with E-state index in [1.807, 2.05) is 18.2 Å². The Morgan fingerprint density at radius 1 is 1.43 bits per heavy atom. The molecule has 0 aliphatic carbocycles. The maximum atomic E-state index is 11.6. The minimum atomic E-state index is -0.0604. The molecule has 1 saturated heterocycles. The number of hydrogen-bond acceptors (Lipinski definition) is 6. The number of carbonyl (C=O) groups excluding carboxylic acids is 1. The number of anilines is 2. The molecule has 0 saturated carbocycles. The molecule has 112 valence electrons. The summed E-state index contributed by atoms with van der Waals surface area (Å²) in [7, 11) is 0. The van der Waals surface area contributed by atoms with Crippen molar-refractivity contribution in [3.63, 3.8) is 0 Å². The molecule has 1 aliphatic rings. The van der Waals surface area contributed by atoms with Gasteiger partial charge in [-0.15, -0.1) is 0 Å². The first-order valence-electron chi connectivity index (χ1n) is 6.99. The van der Waals surface area contributed by atoms with Gasteiger partial charge < -0.3 is 20.7 Å². The molecule has 0 spiro atoms. The van der Waals surface area contributed by atoms with Gasteiger partial charge >= 0.3 is 0 Å². The van der Waals surface area contributed by atoms with Gasteiger partial charge in [-0.3, -0.25) is 4.79 Å². The summed E-state index contributed by atoms with van der Waals surface area (Å²) in [6.07, 6.45) is 0.333. The number of ether oxygens (including phenoxy) is 1. The number of hydrogen-bond donors (Lipinski definition) is 2. The maximum absolute atomic E-state index is 11.6. The summed E-state index contributed by atoms with van der Waals surface area (Å²) in [5.41, 5.74) is 7.12. The second-order valence-corrected chi connectivity index (χ2v) is 5.87.